The van der Waals surface area contributed by atoms with Crippen molar-refractivity contribution in [2.24, 2.45) is 5.92 Å². The number of carbonyl (C=O) groups is 5. The van der Waals surface area contributed by atoms with E-state index in [1.165, 1.54) is 0 Å². The Morgan fingerprint density at radius 2 is 1.35 bits per heavy atom. The Kier molecular flexibility index (Phi) is 14.9. The Hall–Kier alpha value is -4.84. The van der Waals surface area contributed by atoms with Crippen molar-refractivity contribution >= 4 is 52.8 Å². The number of urea groups is 1. The molecule has 3 aromatic rings. The van der Waals surface area contributed by atoms with Gasteiger partial charge in [0.05, 0.1) is 6.42 Å². The third-order valence-electron chi connectivity index (χ3n) is 8.59. The topological polar surface area (TPSA) is 149 Å². The zero-order valence-electron chi connectivity index (χ0n) is 29.9. The second-order valence-corrected chi connectivity index (χ2v) is 14.4. The Bertz CT molecular complexity index is 1630. The Morgan fingerprint density at radius 3 is 2.00 bits per heavy atom. The predicted molar refractivity (Wildman–Crippen MR) is 204 cm³/mol. The molecule has 6 amide bonds. The maximum Gasteiger partial charge on any atom is 0.323 e. The molecule has 12 heteroatoms. The van der Waals surface area contributed by atoms with E-state index in [-0.39, 0.29) is 30.2 Å². The Labute approximate surface area is 305 Å². The number of hydrogen-bond acceptors (Lipinski definition) is 6. The van der Waals surface area contributed by atoms with Crippen molar-refractivity contribution in [2.75, 3.05) is 35.2 Å². The Balaban J connectivity index is 1.34. The molecule has 0 aliphatic carbocycles. The van der Waals surface area contributed by atoms with Gasteiger partial charge in [-0.3, -0.25) is 19.2 Å². The van der Waals surface area contributed by atoms with Gasteiger partial charge >= 0.3 is 6.03 Å². The lowest BCUT2D eigenvalue weighted by Crippen LogP contribution is -2.58. The standard InChI is InChI=1S/C39H50N6O5S/c1-5-31(36(47)43-34(24-28-12-7-6-8-13-28)38(49)45-19-21-51-22-20-45)42-37(48)33(23-26(2)3)41-35(46)25-29-15-17-30(18-16-29)40-39(50)44-32-14-10-9-11-27(32)4/h6-18,26,31,33-34H,5,19-25H2,1-4H3,(H,41,46)(H,42,48)(H,43,47)(H2,40,44,50)/t31-,33-,34-/m0/s1. The first-order chi connectivity index (χ1) is 24.5. The van der Waals surface area contributed by atoms with Gasteiger partial charge in [-0.15, -0.1) is 0 Å². The van der Waals surface area contributed by atoms with Gasteiger partial charge in [0.25, 0.3) is 0 Å². The number of nitrogens with zero attached hydrogens (tertiary/aromatic N) is 1. The molecule has 3 aromatic carbocycles. The highest BCUT2D eigenvalue weighted by Gasteiger charge is 2.31. The number of para-hydroxylation sites is 1. The fraction of sp³-hybridized carbons (Fsp3) is 0.410. The van der Waals surface area contributed by atoms with Gasteiger partial charge < -0.3 is 31.5 Å². The van der Waals surface area contributed by atoms with E-state index in [0.717, 1.165) is 22.6 Å². The molecule has 4 rings (SSSR count). The zero-order chi connectivity index (χ0) is 36.8. The minimum absolute atomic E-state index is 0.0214. The van der Waals surface area contributed by atoms with E-state index in [0.29, 0.717) is 49.3 Å². The van der Waals surface area contributed by atoms with Crippen molar-refractivity contribution < 1.29 is 24.0 Å². The minimum atomic E-state index is -0.893. The highest BCUT2D eigenvalue weighted by Crippen LogP contribution is 2.16. The monoisotopic (exact) mass is 714 g/mol. The van der Waals surface area contributed by atoms with Crippen molar-refractivity contribution in [3.05, 3.63) is 95.6 Å². The number of nitrogens with one attached hydrogen (secondary N) is 5. The van der Waals surface area contributed by atoms with E-state index in [1.54, 1.807) is 47.9 Å². The van der Waals surface area contributed by atoms with Gasteiger partial charge in [-0.1, -0.05) is 81.4 Å². The summed E-state index contributed by atoms with van der Waals surface area (Å²) in [6.07, 6.45) is 1.03. The molecule has 0 spiro atoms. The first-order valence-corrected chi connectivity index (χ1v) is 18.7. The summed E-state index contributed by atoms with van der Waals surface area (Å²) < 4.78 is 0. The van der Waals surface area contributed by atoms with Gasteiger partial charge in [-0.25, -0.2) is 4.79 Å². The summed E-state index contributed by atoms with van der Waals surface area (Å²) in [5.41, 5.74) is 3.85. The molecule has 11 nitrogen and oxygen atoms in total. The summed E-state index contributed by atoms with van der Waals surface area (Å²) in [5, 5.41) is 14.2. The van der Waals surface area contributed by atoms with Crippen molar-refractivity contribution in [1.29, 1.82) is 0 Å². The Morgan fingerprint density at radius 1 is 0.725 bits per heavy atom. The normalized spacial score (nSPS) is 14.5. The van der Waals surface area contributed by atoms with Crippen LogP contribution in [0.5, 0.6) is 0 Å². The van der Waals surface area contributed by atoms with Crippen LogP contribution in [-0.4, -0.2) is 77.3 Å². The number of anilines is 2. The zero-order valence-corrected chi connectivity index (χ0v) is 30.7. The highest BCUT2D eigenvalue weighted by atomic mass is 32.2. The number of aryl methyl sites for hydroxylation is 1. The van der Waals surface area contributed by atoms with E-state index >= 15 is 0 Å². The first-order valence-electron chi connectivity index (χ1n) is 17.6. The molecule has 1 aliphatic heterocycles. The number of benzene rings is 3. The van der Waals surface area contributed by atoms with E-state index in [4.69, 9.17) is 0 Å². The first kappa shape index (κ1) is 39.0. The SMILES string of the molecule is CC[C@H](NC(=O)[C@H](CC(C)C)NC(=O)Cc1ccc(NC(=O)Nc2ccccc2C)cc1)C(=O)N[C@@H](Cc1ccccc1)C(=O)N1CCSCC1. The molecule has 0 aromatic heterocycles. The van der Waals surface area contributed by atoms with Gasteiger partial charge in [-0.2, -0.15) is 11.8 Å². The van der Waals surface area contributed by atoms with Crippen LogP contribution < -0.4 is 26.6 Å². The lowest BCUT2D eigenvalue weighted by molar-refractivity contribution is -0.137. The fourth-order valence-electron chi connectivity index (χ4n) is 5.79. The fourth-order valence-corrected chi connectivity index (χ4v) is 6.69. The van der Waals surface area contributed by atoms with Gasteiger partial charge in [0.1, 0.15) is 18.1 Å². The lowest BCUT2D eigenvalue weighted by atomic mass is 10.0. The van der Waals surface area contributed by atoms with Gasteiger partial charge in [-0.05, 0) is 60.6 Å². The van der Waals surface area contributed by atoms with Crippen molar-refractivity contribution in [1.82, 2.24) is 20.9 Å². The maximum absolute atomic E-state index is 13.6. The molecule has 1 saturated heterocycles. The molecule has 1 heterocycles. The number of rotatable bonds is 15. The molecule has 5 N–H and O–H groups in total. The second kappa shape index (κ2) is 19.5. The number of thioether (sulfide) groups is 1. The molecule has 0 radical (unpaired) electrons. The quantitative estimate of drug-likeness (QED) is 0.151. The summed E-state index contributed by atoms with van der Waals surface area (Å²) in [6.45, 7) is 8.87. The van der Waals surface area contributed by atoms with Crippen molar-refractivity contribution in [3.8, 4) is 0 Å². The van der Waals surface area contributed by atoms with Gasteiger partial charge in [0.2, 0.25) is 23.6 Å². The summed E-state index contributed by atoms with van der Waals surface area (Å²) in [5.74, 6) is 0.406. The van der Waals surface area contributed by atoms with Crippen LogP contribution in [-0.2, 0) is 32.0 Å². The van der Waals surface area contributed by atoms with Gasteiger partial charge in [0, 0.05) is 42.4 Å². The molecule has 51 heavy (non-hydrogen) atoms. The third-order valence-corrected chi connectivity index (χ3v) is 9.53. The summed E-state index contributed by atoms with van der Waals surface area (Å²) in [4.78, 5) is 68.1. The predicted octanol–water partition coefficient (Wildman–Crippen LogP) is 4.91. The van der Waals surface area contributed by atoms with Crippen LogP contribution in [0.15, 0.2) is 78.9 Å². The molecule has 3 atom stereocenters. The molecule has 1 fully saturated rings. The smallest absolute Gasteiger partial charge is 0.323 e. The molecular weight excluding hydrogens is 665 g/mol. The molecule has 272 valence electrons. The molecule has 1 aliphatic rings. The average Bonchev–Trinajstić information content (AvgIpc) is 3.12. The highest BCUT2D eigenvalue weighted by molar-refractivity contribution is 7.99. The summed E-state index contributed by atoms with van der Waals surface area (Å²) in [7, 11) is 0. The summed E-state index contributed by atoms with van der Waals surface area (Å²) in [6, 6.07) is 21.0. The molecular formula is C39H50N6O5S. The minimum Gasteiger partial charge on any atom is -0.344 e. The van der Waals surface area contributed by atoms with Crippen LogP contribution in [0, 0.1) is 12.8 Å². The number of hydrogen-bond donors (Lipinski definition) is 5. The average molecular weight is 715 g/mol. The van der Waals surface area contributed by atoms with Crippen LogP contribution in [0.2, 0.25) is 0 Å². The van der Waals surface area contributed by atoms with Crippen molar-refractivity contribution in [2.45, 2.75) is 71.5 Å². The largest absolute Gasteiger partial charge is 0.344 e. The number of carbonyl (C=O) groups excluding carboxylic acids is 5. The van der Waals surface area contributed by atoms with Crippen LogP contribution >= 0.6 is 11.8 Å². The number of amides is 6. The van der Waals surface area contributed by atoms with Crippen LogP contribution in [0.25, 0.3) is 0 Å². The van der Waals surface area contributed by atoms with Crippen LogP contribution in [0.3, 0.4) is 0 Å². The summed E-state index contributed by atoms with van der Waals surface area (Å²) >= 11 is 1.80. The van der Waals surface area contributed by atoms with E-state index in [9.17, 15) is 24.0 Å². The van der Waals surface area contributed by atoms with E-state index < -0.39 is 29.9 Å². The maximum atomic E-state index is 13.6. The van der Waals surface area contributed by atoms with Crippen LogP contribution in [0.1, 0.15) is 50.3 Å². The lowest BCUT2D eigenvalue weighted by Gasteiger charge is -2.31. The molecule has 0 saturated carbocycles. The second-order valence-electron chi connectivity index (χ2n) is 13.2. The van der Waals surface area contributed by atoms with Gasteiger partial charge in [0.15, 0.2) is 0 Å². The molecule has 0 unspecified atom stereocenters. The molecule has 0 bridgehead atoms. The van der Waals surface area contributed by atoms with E-state index in [2.05, 4.69) is 26.6 Å². The van der Waals surface area contributed by atoms with E-state index in [1.807, 2.05) is 75.4 Å². The third kappa shape index (κ3) is 12.5. The van der Waals surface area contributed by atoms with Crippen LogP contribution in [0.4, 0.5) is 16.2 Å². The van der Waals surface area contributed by atoms with Crippen molar-refractivity contribution in [3.63, 3.8) is 0 Å².